The third-order valence-corrected chi connectivity index (χ3v) is 5.86. The Kier molecular flexibility index (Phi) is 6.19. The molecule has 0 spiro atoms. The molecule has 2 aliphatic heterocycles. The fraction of sp³-hybridized carbons (Fsp3) is 0.579. The first kappa shape index (κ1) is 19.2. The highest BCUT2D eigenvalue weighted by Gasteiger charge is 2.31. The zero-order valence-electron chi connectivity index (χ0n) is 15.2. The number of phenolic OH excluding ortho intramolecular Hbond substituents is 1. The number of amides is 2. The quantitative estimate of drug-likeness (QED) is 0.809. The predicted molar refractivity (Wildman–Crippen MR) is 103 cm³/mol. The van der Waals surface area contributed by atoms with Gasteiger partial charge in [-0.1, -0.05) is 15.9 Å². The first-order valence-corrected chi connectivity index (χ1v) is 10.1. The second-order valence-corrected chi connectivity index (χ2v) is 7.97. The van der Waals surface area contributed by atoms with E-state index in [2.05, 4.69) is 20.8 Å². The summed E-state index contributed by atoms with van der Waals surface area (Å²) in [6.07, 6.45) is 3.40. The van der Waals surface area contributed by atoms with E-state index in [-0.39, 0.29) is 23.6 Å². The van der Waals surface area contributed by atoms with Crippen LogP contribution in [0.1, 0.15) is 36.5 Å². The normalized spacial score (nSPS) is 20.1. The maximum absolute atomic E-state index is 12.7. The van der Waals surface area contributed by atoms with Crippen LogP contribution in [0, 0.1) is 0 Å². The molecule has 2 heterocycles. The number of halogens is 1. The van der Waals surface area contributed by atoms with Gasteiger partial charge in [-0.3, -0.25) is 14.5 Å². The van der Waals surface area contributed by atoms with Gasteiger partial charge in [-0.25, -0.2) is 0 Å². The molecule has 142 valence electrons. The Balaban J connectivity index is 1.56. The van der Waals surface area contributed by atoms with Gasteiger partial charge in [-0.2, -0.15) is 0 Å². The number of phenols is 1. The van der Waals surface area contributed by atoms with Crippen LogP contribution in [0.15, 0.2) is 22.7 Å². The minimum atomic E-state index is -0.162. The van der Waals surface area contributed by atoms with Gasteiger partial charge in [-0.15, -0.1) is 0 Å². The number of piperazine rings is 1. The Labute approximate surface area is 162 Å². The number of hydrogen-bond donors (Lipinski definition) is 1. The van der Waals surface area contributed by atoms with Crippen LogP contribution in [0.5, 0.6) is 5.75 Å². The zero-order valence-corrected chi connectivity index (χ0v) is 16.7. The molecule has 0 bridgehead atoms. The van der Waals surface area contributed by atoms with Crippen LogP contribution >= 0.6 is 15.9 Å². The highest BCUT2D eigenvalue weighted by molar-refractivity contribution is 9.10. The van der Waals surface area contributed by atoms with Crippen LogP contribution in [-0.4, -0.2) is 76.9 Å². The zero-order chi connectivity index (χ0) is 18.7. The average molecular weight is 424 g/mol. The predicted octanol–water partition coefficient (Wildman–Crippen LogP) is 2.31. The van der Waals surface area contributed by atoms with Crippen LogP contribution in [0.25, 0.3) is 0 Å². The molecule has 2 saturated heterocycles. The van der Waals surface area contributed by atoms with E-state index >= 15 is 0 Å². The maximum atomic E-state index is 12.7. The number of carbonyl (C=O) groups excluding carboxylic acids is 2. The molecule has 1 aromatic rings. The summed E-state index contributed by atoms with van der Waals surface area (Å²) < 4.78 is 0.737. The van der Waals surface area contributed by atoms with Gasteiger partial charge in [0.25, 0.3) is 5.91 Å². The highest BCUT2D eigenvalue weighted by atomic mass is 79.9. The monoisotopic (exact) mass is 423 g/mol. The van der Waals surface area contributed by atoms with Gasteiger partial charge in [0.1, 0.15) is 5.75 Å². The lowest BCUT2D eigenvalue weighted by Gasteiger charge is -2.39. The molecule has 1 unspecified atom stereocenters. The second-order valence-electron chi connectivity index (χ2n) is 7.05. The topological polar surface area (TPSA) is 64.1 Å². The molecule has 26 heavy (non-hydrogen) atoms. The van der Waals surface area contributed by atoms with E-state index in [1.54, 1.807) is 17.0 Å². The maximum Gasteiger partial charge on any atom is 0.257 e. The van der Waals surface area contributed by atoms with Crippen LogP contribution in [0.2, 0.25) is 0 Å². The van der Waals surface area contributed by atoms with Gasteiger partial charge >= 0.3 is 0 Å². The third-order valence-electron chi connectivity index (χ3n) is 5.36. The Hall–Kier alpha value is -1.60. The fourth-order valence-electron chi connectivity index (χ4n) is 3.70. The van der Waals surface area contributed by atoms with Crippen molar-refractivity contribution in [3.8, 4) is 5.75 Å². The Morgan fingerprint density at radius 2 is 1.65 bits per heavy atom. The SMILES string of the molecule is CC(C(=O)N1CCCCC1)N1CCN(C(=O)c2ccc(Br)cc2O)CC1. The van der Waals surface area contributed by atoms with Gasteiger partial charge in [-0.05, 0) is 44.4 Å². The van der Waals surface area contributed by atoms with Crippen molar-refractivity contribution in [1.29, 1.82) is 0 Å². The van der Waals surface area contributed by atoms with Gasteiger partial charge in [0.15, 0.2) is 0 Å². The molecule has 3 rings (SSSR count). The van der Waals surface area contributed by atoms with Crippen LogP contribution in [-0.2, 0) is 4.79 Å². The standard InChI is InChI=1S/C19H26BrN3O3/c1-14(18(25)22-7-3-2-4-8-22)21-9-11-23(12-10-21)19(26)16-6-5-15(20)13-17(16)24/h5-6,13-14,24H,2-4,7-12H2,1H3. The van der Waals surface area contributed by atoms with Crippen molar-refractivity contribution in [1.82, 2.24) is 14.7 Å². The van der Waals surface area contributed by atoms with Crippen molar-refractivity contribution in [3.63, 3.8) is 0 Å². The first-order chi connectivity index (χ1) is 12.5. The van der Waals surface area contributed by atoms with Crippen molar-refractivity contribution in [3.05, 3.63) is 28.2 Å². The molecule has 7 heteroatoms. The molecule has 2 fully saturated rings. The van der Waals surface area contributed by atoms with Gasteiger partial charge < -0.3 is 14.9 Å². The molecular weight excluding hydrogens is 398 g/mol. The van der Waals surface area contributed by atoms with E-state index in [0.29, 0.717) is 31.7 Å². The van der Waals surface area contributed by atoms with Crippen LogP contribution in [0.4, 0.5) is 0 Å². The lowest BCUT2D eigenvalue weighted by molar-refractivity contribution is -0.137. The second kappa shape index (κ2) is 8.39. The van der Waals surface area contributed by atoms with E-state index in [0.717, 1.165) is 30.4 Å². The summed E-state index contributed by atoms with van der Waals surface area (Å²) in [6.45, 7) is 6.16. The summed E-state index contributed by atoms with van der Waals surface area (Å²) in [5.41, 5.74) is 0.319. The minimum absolute atomic E-state index is 0.0135. The van der Waals surface area contributed by atoms with Crippen molar-refractivity contribution in [2.45, 2.75) is 32.2 Å². The molecule has 0 aliphatic carbocycles. The molecule has 1 N–H and O–H groups in total. The summed E-state index contributed by atoms with van der Waals surface area (Å²) >= 11 is 3.28. The molecule has 0 saturated carbocycles. The summed E-state index contributed by atoms with van der Waals surface area (Å²) in [6, 6.07) is 4.77. The van der Waals surface area contributed by atoms with E-state index < -0.39 is 0 Å². The van der Waals surface area contributed by atoms with E-state index in [1.165, 1.54) is 12.5 Å². The number of carbonyl (C=O) groups is 2. The minimum Gasteiger partial charge on any atom is -0.507 e. The smallest absolute Gasteiger partial charge is 0.257 e. The molecule has 6 nitrogen and oxygen atoms in total. The van der Waals surface area contributed by atoms with E-state index in [9.17, 15) is 14.7 Å². The number of nitrogens with zero attached hydrogens (tertiary/aromatic N) is 3. The van der Waals surface area contributed by atoms with Crippen molar-refractivity contribution in [2.24, 2.45) is 0 Å². The summed E-state index contributed by atoms with van der Waals surface area (Å²) in [5.74, 6) is 0.0279. The summed E-state index contributed by atoms with van der Waals surface area (Å²) in [5, 5.41) is 10.0. The van der Waals surface area contributed by atoms with Gasteiger partial charge in [0.05, 0.1) is 11.6 Å². The molecule has 2 amide bonds. The lowest BCUT2D eigenvalue weighted by Crippen LogP contribution is -2.56. The van der Waals surface area contributed by atoms with Crippen molar-refractivity contribution in [2.75, 3.05) is 39.3 Å². The molecule has 2 aliphatic rings. The van der Waals surface area contributed by atoms with E-state index in [4.69, 9.17) is 0 Å². The van der Waals surface area contributed by atoms with Crippen molar-refractivity contribution >= 4 is 27.7 Å². The van der Waals surface area contributed by atoms with Crippen LogP contribution in [0.3, 0.4) is 0 Å². The Bertz CT molecular complexity index is 668. The van der Waals surface area contributed by atoms with Crippen molar-refractivity contribution < 1.29 is 14.7 Å². The Morgan fingerprint density at radius 1 is 1.00 bits per heavy atom. The number of hydrogen-bond acceptors (Lipinski definition) is 4. The number of benzene rings is 1. The molecule has 1 atom stereocenters. The Morgan fingerprint density at radius 3 is 2.27 bits per heavy atom. The number of rotatable bonds is 3. The first-order valence-electron chi connectivity index (χ1n) is 9.28. The lowest BCUT2D eigenvalue weighted by atomic mass is 10.1. The fourth-order valence-corrected chi connectivity index (χ4v) is 4.05. The number of likely N-dealkylation sites (tertiary alicyclic amines) is 1. The third kappa shape index (κ3) is 4.20. The average Bonchev–Trinajstić information content (AvgIpc) is 2.67. The van der Waals surface area contributed by atoms with Gasteiger partial charge in [0.2, 0.25) is 5.91 Å². The molecule has 0 radical (unpaired) electrons. The van der Waals surface area contributed by atoms with Crippen LogP contribution < -0.4 is 0 Å². The largest absolute Gasteiger partial charge is 0.507 e. The molecular formula is C19H26BrN3O3. The number of piperidine rings is 1. The van der Waals surface area contributed by atoms with E-state index in [1.807, 2.05) is 11.8 Å². The molecule has 1 aromatic carbocycles. The van der Waals surface area contributed by atoms with Gasteiger partial charge in [0, 0.05) is 43.7 Å². The highest BCUT2D eigenvalue weighted by Crippen LogP contribution is 2.24. The molecule has 0 aromatic heterocycles. The summed E-state index contributed by atoms with van der Waals surface area (Å²) in [7, 11) is 0. The summed E-state index contributed by atoms with van der Waals surface area (Å²) in [4.78, 5) is 31.2. The number of aromatic hydroxyl groups is 1.